The Morgan fingerprint density at radius 3 is 2.59 bits per heavy atom. The van der Waals surface area contributed by atoms with Gasteiger partial charge in [-0.25, -0.2) is 4.98 Å². The molecule has 1 aromatic heterocycles. The van der Waals surface area contributed by atoms with Crippen LogP contribution in [0, 0.1) is 0 Å². The highest BCUT2D eigenvalue weighted by Crippen LogP contribution is 2.23. The molecule has 0 N–H and O–H groups in total. The van der Waals surface area contributed by atoms with Crippen molar-refractivity contribution in [2.24, 2.45) is 7.05 Å². The van der Waals surface area contributed by atoms with E-state index < -0.39 is 0 Å². The SMILES string of the molecule is CN(C)c1ccc(C(=O)N2CCc3nc(Cl)n(C)c3C2)cc1. The van der Waals surface area contributed by atoms with Gasteiger partial charge in [0.2, 0.25) is 5.28 Å². The molecule has 1 aliphatic rings. The maximum absolute atomic E-state index is 12.7. The molecule has 0 radical (unpaired) electrons. The van der Waals surface area contributed by atoms with Crippen molar-refractivity contribution in [2.75, 3.05) is 25.5 Å². The molecule has 1 amide bonds. The van der Waals surface area contributed by atoms with Gasteiger partial charge in [0.1, 0.15) is 0 Å². The molecular weight excluding hydrogens is 300 g/mol. The molecule has 2 heterocycles. The van der Waals surface area contributed by atoms with Crippen LogP contribution in [0.5, 0.6) is 0 Å². The van der Waals surface area contributed by atoms with E-state index in [4.69, 9.17) is 11.6 Å². The summed E-state index contributed by atoms with van der Waals surface area (Å²) in [7, 11) is 5.85. The van der Waals surface area contributed by atoms with Crippen LogP contribution in [0.3, 0.4) is 0 Å². The van der Waals surface area contributed by atoms with Crippen molar-refractivity contribution in [3.8, 4) is 0 Å². The number of carbonyl (C=O) groups excluding carboxylic acids is 1. The fraction of sp³-hybridized carbons (Fsp3) is 0.375. The molecule has 0 saturated carbocycles. The van der Waals surface area contributed by atoms with Crippen molar-refractivity contribution in [1.29, 1.82) is 0 Å². The van der Waals surface area contributed by atoms with Crippen LogP contribution in [0.2, 0.25) is 5.28 Å². The number of rotatable bonds is 2. The van der Waals surface area contributed by atoms with Gasteiger partial charge in [0.05, 0.1) is 17.9 Å². The Balaban J connectivity index is 1.80. The molecule has 1 aromatic carbocycles. The smallest absolute Gasteiger partial charge is 0.254 e. The highest BCUT2D eigenvalue weighted by atomic mass is 35.5. The Bertz CT molecular complexity index is 706. The zero-order valence-corrected chi connectivity index (χ0v) is 13.8. The summed E-state index contributed by atoms with van der Waals surface area (Å²) < 4.78 is 1.85. The zero-order chi connectivity index (χ0) is 15.9. The predicted octanol–water partition coefficient (Wildman–Crippen LogP) is 2.34. The van der Waals surface area contributed by atoms with E-state index in [1.165, 1.54) is 0 Å². The summed E-state index contributed by atoms with van der Waals surface area (Å²) in [6.45, 7) is 1.23. The highest BCUT2D eigenvalue weighted by molar-refractivity contribution is 6.28. The van der Waals surface area contributed by atoms with Gasteiger partial charge in [-0.15, -0.1) is 0 Å². The Kier molecular flexibility index (Phi) is 3.83. The first kappa shape index (κ1) is 14.9. The quantitative estimate of drug-likeness (QED) is 0.853. The summed E-state index contributed by atoms with van der Waals surface area (Å²) in [5.74, 6) is 0.0493. The van der Waals surface area contributed by atoms with E-state index in [1.807, 2.05) is 59.8 Å². The molecule has 1 aliphatic heterocycles. The molecule has 2 aromatic rings. The van der Waals surface area contributed by atoms with E-state index in [2.05, 4.69) is 4.98 Å². The largest absolute Gasteiger partial charge is 0.378 e. The summed E-state index contributed by atoms with van der Waals surface area (Å²) in [5, 5.41) is 0.481. The number of amides is 1. The summed E-state index contributed by atoms with van der Waals surface area (Å²) in [6.07, 6.45) is 0.747. The van der Waals surface area contributed by atoms with Gasteiger partial charge >= 0.3 is 0 Å². The number of aromatic nitrogens is 2. The molecule has 6 heteroatoms. The van der Waals surface area contributed by atoms with E-state index >= 15 is 0 Å². The van der Waals surface area contributed by atoms with Crippen molar-refractivity contribution in [2.45, 2.75) is 13.0 Å². The number of nitrogens with zero attached hydrogens (tertiary/aromatic N) is 4. The number of imidazole rings is 1. The lowest BCUT2D eigenvalue weighted by atomic mass is 10.1. The van der Waals surface area contributed by atoms with Crippen LogP contribution in [0.25, 0.3) is 0 Å². The van der Waals surface area contributed by atoms with Crippen LogP contribution in [0.4, 0.5) is 5.69 Å². The average molecular weight is 319 g/mol. The molecule has 116 valence electrons. The average Bonchev–Trinajstić information content (AvgIpc) is 2.81. The number of hydrogen-bond acceptors (Lipinski definition) is 3. The van der Waals surface area contributed by atoms with Crippen molar-refractivity contribution in [3.05, 3.63) is 46.5 Å². The summed E-state index contributed by atoms with van der Waals surface area (Å²) in [4.78, 5) is 20.9. The monoisotopic (exact) mass is 318 g/mol. The second-order valence-electron chi connectivity index (χ2n) is 5.75. The van der Waals surface area contributed by atoms with E-state index in [9.17, 15) is 4.79 Å². The van der Waals surface area contributed by atoms with Crippen molar-refractivity contribution >= 4 is 23.2 Å². The Labute approximate surface area is 135 Å². The molecule has 0 fully saturated rings. The first-order valence-corrected chi connectivity index (χ1v) is 7.62. The summed E-state index contributed by atoms with van der Waals surface area (Å²) in [6, 6.07) is 7.68. The predicted molar refractivity (Wildman–Crippen MR) is 87.4 cm³/mol. The number of carbonyl (C=O) groups is 1. The third-order valence-corrected chi connectivity index (χ3v) is 4.46. The Morgan fingerprint density at radius 1 is 1.27 bits per heavy atom. The summed E-state index contributed by atoms with van der Waals surface area (Å²) in [5.41, 5.74) is 3.81. The molecule has 0 aliphatic carbocycles. The zero-order valence-electron chi connectivity index (χ0n) is 13.0. The third-order valence-electron chi connectivity index (χ3n) is 4.12. The fourth-order valence-electron chi connectivity index (χ4n) is 2.71. The second kappa shape index (κ2) is 5.65. The van der Waals surface area contributed by atoms with Crippen LogP contribution < -0.4 is 4.90 Å². The van der Waals surface area contributed by atoms with Crippen molar-refractivity contribution < 1.29 is 4.79 Å². The molecule has 0 unspecified atom stereocenters. The number of hydrogen-bond donors (Lipinski definition) is 0. The Morgan fingerprint density at radius 2 is 1.95 bits per heavy atom. The van der Waals surface area contributed by atoms with E-state index in [1.54, 1.807) is 0 Å². The van der Waals surface area contributed by atoms with E-state index in [-0.39, 0.29) is 5.91 Å². The molecular formula is C16H19ClN4O. The van der Waals surface area contributed by atoms with Crippen LogP contribution in [-0.4, -0.2) is 41.0 Å². The first-order chi connectivity index (χ1) is 10.5. The lowest BCUT2D eigenvalue weighted by Gasteiger charge is -2.27. The number of anilines is 1. The number of benzene rings is 1. The first-order valence-electron chi connectivity index (χ1n) is 7.24. The van der Waals surface area contributed by atoms with Crippen molar-refractivity contribution in [1.82, 2.24) is 14.5 Å². The van der Waals surface area contributed by atoms with Gasteiger partial charge in [0.15, 0.2) is 0 Å². The van der Waals surface area contributed by atoms with Crippen LogP contribution in [-0.2, 0) is 20.0 Å². The minimum Gasteiger partial charge on any atom is -0.378 e. The van der Waals surface area contributed by atoms with Crippen LogP contribution in [0.1, 0.15) is 21.7 Å². The van der Waals surface area contributed by atoms with Crippen LogP contribution >= 0.6 is 11.6 Å². The summed E-state index contributed by atoms with van der Waals surface area (Å²) >= 11 is 6.05. The van der Waals surface area contributed by atoms with Gasteiger partial charge < -0.3 is 14.4 Å². The Hall–Kier alpha value is -2.01. The molecule has 22 heavy (non-hydrogen) atoms. The normalized spacial score (nSPS) is 13.9. The van der Waals surface area contributed by atoms with Crippen molar-refractivity contribution in [3.63, 3.8) is 0 Å². The van der Waals surface area contributed by atoms with Crippen LogP contribution in [0.15, 0.2) is 24.3 Å². The minimum atomic E-state index is 0.0493. The molecule has 0 atom stereocenters. The minimum absolute atomic E-state index is 0.0493. The molecule has 0 saturated heterocycles. The third kappa shape index (κ3) is 2.57. The number of halogens is 1. The maximum atomic E-state index is 12.7. The fourth-order valence-corrected chi connectivity index (χ4v) is 2.92. The maximum Gasteiger partial charge on any atom is 0.254 e. The van der Waals surface area contributed by atoms with Gasteiger partial charge in [-0.1, -0.05) is 0 Å². The standard InChI is InChI=1S/C16H19ClN4O/c1-19(2)12-6-4-11(5-7-12)15(22)21-9-8-13-14(10-21)20(3)16(17)18-13/h4-7H,8-10H2,1-3H3. The number of fused-ring (bicyclic) bond motifs is 1. The molecule has 5 nitrogen and oxygen atoms in total. The second-order valence-corrected chi connectivity index (χ2v) is 6.09. The molecule has 0 bridgehead atoms. The molecule has 0 spiro atoms. The lowest BCUT2D eigenvalue weighted by Crippen LogP contribution is -2.36. The van der Waals surface area contributed by atoms with Gasteiger partial charge in [-0.2, -0.15) is 0 Å². The van der Waals surface area contributed by atoms with Gasteiger partial charge in [0, 0.05) is 45.4 Å². The molecule has 3 rings (SSSR count). The topological polar surface area (TPSA) is 41.4 Å². The van der Waals surface area contributed by atoms with E-state index in [0.29, 0.717) is 23.9 Å². The highest BCUT2D eigenvalue weighted by Gasteiger charge is 2.25. The van der Waals surface area contributed by atoms with Gasteiger partial charge in [0.25, 0.3) is 5.91 Å². The lowest BCUT2D eigenvalue weighted by molar-refractivity contribution is 0.0730. The van der Waals surface area contributed by atoms with Gasteiger partial charge in [-0.3, -0.25) is 4.79 Å². The van der Waals surface area contributed by atoms with E-state index in [0.717, 1.165) is 23.5 Å². The van der Waals surface area contributed by atoms with Gasteiger partial charge in [-0.05, 0) is 35.9 Å².